The number of para-hydroxylation sites is 3. The predicted octanol–water partition coefficient (Wildman–Crippen LogP) is 3.63. The van der Waals surface area contributed by atoms with E-state index in [1.54, 1.807) is 0 Å². The number of fused-ring (bicyclic) bond motifs is 1. The van der Waals surface area contributed by atoms with Crippen LogP contribution in [0.5, 0.6) is 0 Å². The van der Waals surface area contributed by atoms with Gasteiger partial charge in [0.25, 0.3) is 0 Å². The smallest absolute Gasteiger partial charge is 0.0690 e. The summed E-state index contributed by atoms with van der Waals surface area (Å²) in [7, 11) is 0. The van der Waals surface area contributed by atoms with Crippen molar-refractivity contribution in [2.24, 2.45) is 5.73 Å². The molecule has 0 bridgehead atoms. The minimum atomic E-state index is 0.701. The minimum Gasteiger partial charge on any atom is -0.399 e. The molecule has 0 amide bonds. The second-order valence-electron chi connectivity index (χ2n) is 5.07. The Balaban J connectivity index is 2.13. The highest BCUT2D eigenvalue weighted by atomic mass is 15.2. The summed E-state index contributed by atoms with van der Waals surface area (Å²) in [5.74, 6) is 0. The fourth-order valence-corrected chi connectivity index (χ4v) is 2.64. The molecule has 3 heteroatoms. The highest BCUT2D eigenvalue weighted by Gasteiger charge is 2.19. The zero-order chi connectivity index (χ0) is 14.7. The first-order valence-electron chi connectivity index (χ1n) is 7.05. The Morgan fingerprint density at radius 2 is 1.67 bits per heavy atom. The Morgan fingerprint density at radius 1 is 1.00 bits per heavy atom. The molecule has 1 aliphatic heterocycles. The summed E-state index contributed by atoms with van der Waals surface area (Å²) in [6, 6.07) is 18.6. The molecule has 21 heavy (non-hydrogen) atoms. The summed E-state index contributed by atoms with van der Waals surface area (Å²) >= 11 is 0. The first-order valence-corrected chi connectivity index (χ1v) is 7.05. The highest BCUT2D eigenvalue weighted by molar-refractivity contribution is 5.80. The van der Waals surface area contributed by atoms with Gasteiger partial charge in [-0.2, -0.15) is 0 Å². The van der Waals surface area contributed by atoms with Crippen LogP contribution >= 0.6 is 0 Å². The topological polar surface area (TPSA) is 32.5 Å². The van der Waals surface area contributed by atoms with Gasteiger partial charge in [-0.25, -0.2) is 0 Å². The van der Waals surface area contributed by atoms with Crippen LogP contribution in [0.1, 0.15) is 0 Å². The van der Waals surface area contributed by atoms with Gasteiger partial charge in [0, 0.05) is 24.1 Å². The third-order valence-corrected chi connectivity index (χ3v) is 3.53. The lowest BCUT2D eigenvalue weighted by Gasteiger charge is -2.26. The molecule has 1 heterocycles. The van der Waals surface area contributed by atoms with Crippen molar-refractivity contribution < 1.29 is 0 Å². The summed E-state index contributed by atoms with van der Waals surface area (Å²) in [6.45, 7) is 5.32. The average Bonchev–Trinajstić information content (AvgIpc) is 2.66. The Hall–Kier alpha value is -2.68. The molecule has 3 nitrogen and oxygen atoms in total. The molecule has 2 aromatic rings. The quantitative estimate of drug-likeness (QED) is 0.870. The maximum atomic E-state index is 6.21. The van der Waals surface area contributed by atoms with Crippen LogP contribution in [0.4, 0.5) is 17.1 Å². The van der Waals surface area contributed by atoms with Crippen LogP contribution in [-0.4, -0.2) is 13.1 Å². The lowest BCUT2D eigenvalue weighted by molar-refractivity contribution is 0.918. The van der Waals surface area contributed by atoms with E-state index in [1.807, 2.05) is 30.5 Å². The molecule has 0 aromatic heterocycles. The summed E-state index contributed by atoms with van der Waals surface area (Å²) in [5.41, 5.74) is 10.4. The van der Waals surface area contributed by atoms with Crippen LogP contribution in [0, 0.1) is 0 Å². The first-order chi connectivity index (χ1) is 10.3. The number of hydrogen-bond donors (Lipinski definition) is 1. The molecule has 0 saturated carbocycles. The van der Waals surface area contributed by atoms with E-state index >= 15 is 0 Å². The fraction of sp³-hybridized carbons (Fsp3) is 0.111. The second-order valence-corrected chi connectivity index (χ2v) is 5.07. The number of nitrogens with zero attached hydrogens (tertiary/aromatic N) is 2. The summed E-state index contributed by atoms with van der Waals surface area (Å²) in [4.78, 5) is 4.38. The monoisotopic (exact) mass is 277 g/mol. The normalized spacial score (nSPS) is 14.2. The summed E-state index contributed by atoms with van der Waals surface area (Å²) in [6.07, 6.45) is 3.92. The van der Waals surface area contributed by atoms with E-state index in [0.29, 0.717) is 6.54 Å². The Labute approximate surface area is 125 Å². The summed E-state index contributed by atoms with van der Waals surface area (Å²) < 4.78 is 0. The number of rotatable bonds is 3. The Kier molecular flexibility index (Phi) is 3.65. The van der Waals surface area contributed by atoms with Crippen LogP contribution < -0.4 is 15.5 Å². The van der Waals surface area contributed by atoms with E-state index in [-0.39, 0.29) is 0 Å². The van der Waals surface area contributed by atoms with Gasteiger partial charge in [0.1, 0.15) is 0 Å². The van der Waals surface area contributed by atoms with Gasteiger partial charge in [0.15, 0.2) is 0 Å². The maximum absolute atomic E-state index is 6.21. The van der Waals surface area contributed by atoms with Crippen molar-refractivity contribution in [1.82, 2.24) is 0 Å². The molecule has 2 aromatic carbocycles. The van der Waals surface area contributed by atoms with Gasteiger partial charge in [-0.3, -0.25) is 0 Å². The molecule has 0 unspecified atom stereocenters. The van der Waals surface area contributed by atoms with Gasteiger partial charge in [-0.05, 0) is 24.3 Å². The third kappa shape index (κ3) is 2.63. The molecule has 0 radical (unpaired) electrons. The lowest BCUT2D eigenvalue weighted by Crippen LogP contribution is -2.27. The molecule has 0 saturated heterocycles. The third-order valence-electron chi connectivity index (χ3n) is 3.53. The molecule has 106 valence electrons. The molecule has 1 aliphatic rings. The predicted molar refractivity (Wildman–Crippen MR) is 89.7 cm³/mol. The molecule has 0 spiro atoms. The van der Waals surface area contributed by atoms with Gasteiger partial charge in [-0.1, -0.05) is 36.4 Å². The van der Waals surface area contributed by atoms with Gasteiger partial charge < -0.3 is 15.5 Å². The van der Waals surface area contributed by atoms with Crippen LogP contribution in [0.25, 0.3) is 0 Å². The van der Waals surface area contributed by atoms with Gasteiger partial charge >= 0.3 is 0 Å². The molecule has 0 atom stereocenters. The zero-order valence-electron chi connectivity index (χ0n) is 11.9. The average molecular weight is 277 g/mol. The standard InChI is InChI=1S/C18H19N3/c1-2-12-20-13-15(19)14-21(16-8-4-3-5-9-16)18-11-7-6-10-17(18)20/h2-11,14H,1,12-13,19H2. The number of hydrogen-bond acceptors (Lipinski definition) is 3. The Morgan fingerprint density at radius 3 is 2.38 bits per heavy atom. The van der Waals surface area contributed by atoms with Crippen LogP contribution in [0.15, 0.2) is 79.1 Å². The lowest BCUT2D eigenvalue weighted by atomic mass is 10.2. The van der Waals surface area contributed by atoms with Crippen LogP contribution in [0.2, 0.25) is 0 Å². The maximum Gasteiger partial charge on any atom is 0.0690 e. The van der Waals surface area contributed by atoms with Crippen molar-refractivity contribution in [3.63, 3.8) is 0 Å². The van der Waals surface area contributed by atoms with Crippen molar-refractivity contribution in [2.75, 3.05) is 22.9 Å². The van der Waals surface area contributed by atoms with Crippen LogP contribution in [-0.2, 0) is 0 Å². The van der Waals surface area contributed by atoms with E-state index in [1.165, 1.54) is 0 Å². The van der Waals surface area contributed by atoms with Gasteiger partial charge in [-0.15, -0.1) is 6.58 Å². The highest BCUT2D eigenvalue weighted by Crippen LogP contribution is 2.36. The number of benzene rings is 2. The zero-order valence-corrected chi connectivity index (χ0v) is 11.9. The molecule has 3 rings (SSSR count). The van der Waals surface area contributed by atoms with E-state index in [9.17, 15) is 0 Å². The molecule has 2 N–H and O–H groups in total. The van der Waals surface area contributed by atoms with Crippen molar-refractivity contribution >= 4 is 17.1 Å². The van der Waals surface area contributed by atoms with E-state index in [4.69, 9.17) is 5.73 Å². The van der Waals surface area contributed by atoms with E-state index in [0.717, 1.165) is 29.3 Å². The van der Waals surface area contributed by atoms with E-state index < -0.39 is 0 Å². The molecular weight excluding hydrogens is 258 g/mol. The summed E-state index contributed by atoms with van der Waals surface area (Å²) in [5, 5.41) is 0. The van der Waals surface area contributed by atoms with Gasteiger partial charge in [0.2, 0.25) is 0 Å². The van der Waals surface area contributed by atoms with Crippen LogP contribution in [0.3, 0.4) is 0 Å². The van der Waals surface area contributed by atoms with E-state index in [2.05, 4.69) is 52.8 Å². The molecule has 0 aliphatic carbocycles. The Bertz CT molecular complexity index is 661. The van der Waals surface area contributed by atoms with Crippen molar-refractivity contribution in [1.29, 1.82) is 0 Å². The number of anilines is 3. The largest absolute Gasteiger partial charge is 0.399 e. The molecule has 0 fully saturated rings. The fourth-order valence-electron chi connectivity index (χ4n) is 2.64. The minimum absolute atomic E-state index is 0.701. The van der Waals surface area contributed by atoms with Crippen molar-refractivity contribution in [2.45, 2.75) is 0 Å². The number of nitrogens with two attached hydrogens (primary N) is 1. The molecular formula is C18H19N3. The second kappa shape index (κ2) is 5.75. The SMILES string of the molecule is C=CCN1CC(N)=CN(c2ccccc2)c2ccccc21. The first kappa shape index (κ1) is 13.3. The van der Waals surface area contributed by atoms with Gasteiger partial charge in [0.05, 0.1) is 17.9 Å². The van der Waals surface area contributed by atoms with Crippen molar-refractivity contribution in [3.8, 4) is 0 Å². The van der Waals surface area contributed by atoms with Crippen molar-refractivity contribution in [3.05, 3.63) is 79.1 Å².